The highest BCUT2D eigenvalue weighted by Crippen LogP contribution is 2.18. The van der Waals surface area contributed by atoms with Gasteiger partial charge < -0.3 is 14.9 Å². The van der Waals surface area contributed by atoms with E-state index in [0.717, 1.165) is 23.4 Å². The molecule has 0 atom stereocenters. The van der Waals surface area contributed by atoms with Gasteiger partial charge in [0.2, 0.25) is 5.91 Å². The minimum Gasteiger partial charge on any atom is -0.354 e. The maximum Gasteiger partial charge on any atom is 0.221 e. The quantitative estimate of drug-likeness (QED) is 0.830. The predicted molar refractivity (Wildman–Crippen MR) is 81.2 cm³/mol. The molecule has 2 heterocycles. The van der Waals surface area contributed by atoms with Crippen molar-refractivity contribution in [2.24, 2.45) is 0 Å². The summed E-state index contributed by atoms with van der Waals surface area (Å²) in [6.45, 7) is 9.23. The molecule has 2 aromatic rings. The summed E-state index contributed by atoms with van der Waals surface area (Å²) < 4.78 is 4.51. The number of imidazole rings is 1. The molecule has 0 radical (unpaired) electrons. The SMILES string of the molecule is CCn1nc(C)c2[nH]c(=S)n(CCC(=O)NC(C)C)c21. The molecule has 2 N–H and O–H groups in total. The number of carbonyl (C=O) groups is 1. The van der Waals surface area contributed by atoms with Crippen LogP contribution in [0.15, 0.2) is 0 Å². The molecule has 0 aliphatic heterocycles. The van der Waals surface area contributed by atoms with Crippen LogP contribution in [0.25, 0.3) is 11.2 Å². The molecule has 0 aromatic carbocycles. The molecule has 2 aromatic heterocycles. The first-order valence-corrected chi connectivity index (χ1v) is 7.30. The second kappa shape index (κ2) is 5.78. The van der Waals surface area contributed by atoms with Crippen LogP contribution in [0.4, 0.5) is 0 Å². The van der Waals surface area contributed by atoms with E-state index in [1.807, 2.05) is 36.9 Å². The number of rotatable bonds is 5. The zero-order valence-corrected chi connectivity index (χ0v) is 13.2. The molecule has 0 aliphatic carbocycles. The number of fused-ring (bicyclic) bond motifs is 1. The molecule has 2 rings (SSSR count). The van der Waals surface area contributed by atoms with Gasteiger partial charge in [0.1, 0.15) is 5.52 Å². The van der Waals surface area contributed by atoms with Crippen LogP contribution in [0.2, 0.25) is 0 Å². The third-order valence-corrected chi connectivity index (χ3v) is 3.47. The van der Waals surface area contributed by atoms with Gasteiger partial charge in [-0.25, -0.2) is 4.68 Å². The molecule has 20 heavy (non-hydrogen) atoms. The third kappa shape index (κ3) is 2.77. The summed E-state index contributed by atoms with van der Waals surface area (Å²) in [4.78, 5) is 14.9. The van der Waals surface area contributed by atoms with E-state index in [0.29, 0.717) is 17.7 Å². The van der Waals surface area contributed by atoms with E-state index < -0.39 is 0 Å². The number of aromatic nitrogens is 4. The minimum atomic E-state index is 0.0375. The van der Waals surface area contributed by atoms with Gasteiger partial charge in [0.05, 0.1) is 5.69 Å². The summed E-state index contributed by atoms with van der Waals surface area (Å²) in [5, 5.41) is 7.35. The van der Waals surface area contributed by atoms with Crippen LogP contribution in [0.3, 0.4) is 0 Å². The van der Waals surface area contributed by atoms with E-state index in [1.54, 1.807) is 0 Å². The monoisotopic (exact) mass is 295 g/mol. The van der Waals surface area contributed by atoms with Gasteiger partial charge in [-0.2, -0.15) is 5.10 Å². The second-order valence-corrected chi connectivity index (χ2v) is 5.54. The van der Waals surface area contributed by atoms with Crippen molar-refractivity contribution in [3.05, 3.63) is 10.5 Å². The highest BCUT2D eigenvalue weighted by Gasteiger charge is 2.14. The van der Waals surface area contributed by atoms with Crippen LogP contribution < -0.4 is 5.32 Å². The molecular weight excluding hydrogens is 274 g/mol. The van der Waals surface area contributed by atoms with Crippen molar-refractivity contribution in [3.63, 3.8) is 0 Å². The minimum absolute atomic E-state index is 0.0375. The van der Waals surface area contributed by atoms with Gasteiger partial charge in [-0.15, -0.1) is 0 Å². The number of hydrogen-bond donors (Lipinski definition) is 2. The number of nitrogens with zero attached hydrogens (tertiary/aromatic N) is 3. The summed E-state index contributed by atoms with van der Waals surface area (Å²) in [6.07, 6.45) is 0.410. The Labute approximate surface area is 123 Å². The summed E-state index contributed by atoms with van der Waals surface area (Å²) >= 11 is 5.35. The summed E-state index contributed by atoms with van der Waals surface area (Å²) in [5.74, 6) is 0.0375. The van der Waals surface area contributed by atoms with Crippen molar-refractivity contribution in [2.75, 3.05) is 0 Å². The van der Waals surface area contributed by atoms with Gasteiger partial charge in [0.25, 0.3) is 0 Å². The lowest BCUT2D eigenvalue weighted by Gasteiger charge is -2.09. The molecule has 0 unspecified atom stereocenters. The Bertz CT molecular complexity index is 679. The van der Waals surface area contributed by atoms with Crippen LogP contribution in [-0.4, -0.2) is 31.3 Å². The highest BCUT2D eigenvalue weighted by molar-refractivity contribution is 7.71. The van der Waals surface area contributed by atoms with Gasteiger partial charge in [-0.05, 0) is 39.9 Å². The zero-order valence-electron chi connectivity index (χ0n) is 12.4. The smallest absolute Gasteiger partial charge is 0.221 e. The Morgan fingerprint density at radius 2 is 2.20 bits per heavy atom. The number of nitrogens with one attached hydrogen (secondary N) is 2. The van der Waals surface area contributed by atoms with Gasteiger partial charge in [-0.3, -0.25) is 4.79 Å². The average molecular weight is 295 g/mol. The predicted octanol–water partition coefficient (Wildman–Crippen LogP) is 2.14. The molecule has 0 saturated heterocycles. The second-order valence-electron chi connectivity index (χ2n) is 5.15. The number of aromatic amines is 1. The van der Waals surface area contributed by atoms with Crippen molar-refractivity contribution in [2.45, 2.75) is 53.2 Å². The Hall–Kier alpha value is -1.63. The molecule has 7 heteroatoms. The molecule has 6 nitrogen and oxygen atoms in total. The van der Waals surface area contributed by atoms with Gasteiger partial charge in [0, 0.05) is 25.6 Å². The molecule has 0 aliphatic rings. The molecule has 0 bridgehead atoms. The average Bonchev–Trinajstić information content (AvgIpc) is 2.84. The summed E-state index contributed by atoms with van der Waals surface area (Å²) in [7, 11) is 0. The fraction of sp³-hybridized carbons (Fsp3) is 0.615. The van der Waals surface area contributed by atoms with E-state index >= 15 is 0 Å². The number of H-pyrrole nitrogens is 1. The van der Waals surface area contributed by atoms with Crippen molar-refractivity contribution in [1.29, 1.82) is 0 Å². The molecular formula is C13H21N5OS. The lowest BCUT2D eigenvalue weighted by atomic mass is 10.3. The Balaban J connectivity index is 2.28. The van der Waals surface area contributed by atoms with Crippen LogP contribution in [-0.2, 0) is 17.9 Å². The fourth-order valence-corrected chi connectivity index (χ4v) is 2.58. The molecule has 0 saturated carbocycles. The first-order valence-electron chi connectivity index (χ1n) is 6.89. The maximum absolute atomic E-state index is 11.8. The number of aryl methyl sites for hydroxylation is 3. The van der Waals surface area contributed by atoms with Crippen molar-refractivity contribution in [3.8, 4) is 0 Å². The number of amides is 1. The van der Waals surface area contributed by atoms with E-state index in [9.17, 15) is 4.79 Å². The van der Waals surface area contributed by atoms with Gasteiger partial charge in [0.15, 0.2) is 10.4 Å². The topological polar surface area (TPSA) is 67.6 Å². The van der Waals surface area contributed by atoms with Gasteiger partial charge in [-0.1, -0.05) is 0 Å². The fourth-order valence-electron chi connectivity index (χ4n) is 2.30. The summed E-state index contributed by atoms with van der Waals surface area (Å²) in [5.41, 5.74) is 2.85. The van der Waals surface area contributed by atoms with Gasteiger partial charge >= 0.3 is 0 Å². The molecule has 0 spiro atoms. The highest BCUT2D eigenvalue weighted by atomic mass is 32.1. The molecule has 110 valence electrons. The van der Waals surface area contributed by atoms with E-state index in [1.165, 1.54) is 0 Å². The van der Waals surface area contributed by atoms with Crippen molar-refractivity contribution >= 4 is 29.3 Å². The van der Waals surface area contributed by atoms with Crippen LogP contribution in [0.1, 0.15) is 32.9 Å². The standard InChI is InChI=1S/C13H21N5OS/c1-5-18-12-11(9(4)16-18)15-13(20)17(12)7-6-10(19)14-8(2)3/h8H,5-7H2,1-4H3,(H,14,19)(H,15,20). The van der Waals surface area contributed by atoms with Crippen molar-refractivity contribution < 1.29 is 4.79 Å². The van der Waals surface area contributed by atoms with Crippen molar-refractivity contribution in [1.82, 2.24) is 24.6 Å². The molecule has 0 fully saturated rings. The zero-order chi connectivity index (χ0) is 14.9. The van der Waals surface area contributed by atoms with E-state index in [-0.39, 0.29) is 11.9 Å². The number of hydrogen-bond acceptors (Lipinski definition) is 3. The Morgan fingerprint density at radius 1 is 1.50 bits per heavy atom. The van der Waals surface area contributed by atoms with Crippen LogP contribution >= 0.6 is 12.2 Å². The lowest BCUT2D eigenvalue weighted by molar-refractivity contribution is -0.121. The lowest BCUT2D eigenvalue weighted by Crippen LogP contribution is -2.30. The third-order valence-electron chi connectivity index (χ3n) is 3.15. The Morgan fingerprint density at radius 3 is 2.80 bits per heavy atom. The molecule has 1 amide bonds. The van der Waals surface area contributed by atoms with E-state index in [4.69, 9.17) is 12.2 Å². The Kier molecular flexibility index (Phi) is 4.27. The number of carbonyl (C=O) groups excluding carboxylic acids is 1. The first kappa shape index (κ1) is 14.8. The maximum atomic E-state index is 11.8. The first-order chi connectivity index (χ1) is 9.43. The largest absolute Gasteiger partial charge is 0.354 e. The van der Waals surface area contributed by atoms with Crippen LogP contribution in [0.5, 0.6) is 0 Å². The normalized spacial score (nSPS) is 11.4. The summed E-state index contributed by atoms with van der Waals surface area (Å²) in [6, 6.07) is 0.158. The van der Waals surface area contributed by atoms with E-state index in [2.05, 4.69) is 15.4 Å². The van der Waals surface area contributed by atoms with Crippen LogP contribution in [0, 0.1) is 11.7 Å².